The van der Waals surface area contributed by atoms with E-state index < -0.39 is 16.3 Å². The van der Waals surface area contributed by atoms with E-state index in [1.165, 1.54) is 0 Å². The molecule has 0 amide bonds. The van der Waals surface area contributed by atoms with Crippen LogP contribution in [0.25, 0.3) is 32.7 Å². The lowest BCUT2D eigenvalue weighted by Gasteiger charge is -2.34. The van der Waals surface area contributed by atoms with Crippen molar-refractivity contribution in [2.24, 2.45) is 0 Å². The minimum Gasteiger partial charge on any atom is -0.496 e. The number of fused-ring (bicyclic) bond motifs is 2. The second-order valence-corrected chi connectivity index (χ2v) is 36.0. The standard InChI is InChI=1S/C80H104O6P2/c1-73(2,3)57-41-51(42-58(69(57)81-25)74(4,5)6)87(52-43-59(75(7,8)9)70(82-26)60(44-52)76(10,11)12)85-65-39-37-49-33-29-31-35-55(49)67(65)68-56-36-32-30-34-50(56)38-40-66(68)86-88(53-45-61(77(13,14)15)71(83-27)62(46-53)78(16,17)18)54-47-63(79(19,20)21)72(84-28)64(48-54)80(22,23)24/h29-48H,1-28H3. The molecule has 0 heterocycles. The zero-order valence-corrected chi connectivity index (χ0v) is 60.7. The van der Waals surface area contributed by atoms with Crippen LogP contribution in [0.2, 0.25) is 0 Å². The smallest absolute Gasteiger partial charge is 0.150 e. The largest absolute Gasteiger partial charge is 0.496 e. The number of hydrogen-bond acceptors (Lipinski definition) is 6. The number of benzene rings is 8. The van der Waals surface area contributed by atoms with Crippen LogP contribution in [0.3, 0.4) is 0 Å². The molecule has 6 nitrogen and oxygen atoms in total. The lowest BCUT2D eigenvalue weighted by Crippen LogP contribution is -2.27. The first-order chi connectivity index (χ1) is 40.5. The third-order valence-electron chi connectivity index (χ3n) is 16.9. The minimum absolute atomic E-state index is 0.270. The Hall–Kier alpha value is -6.06. The van der Waals surface area contributed by atoms with Crippen LogP contribution in [0.1, 0.15) is 211 Å². The second kappa shape index (κ2) is 24.3. The first kappa shape index (κ1) is 67.9. The number of rotatable bonds is 13. The van der Waals surface area contributed by atoms with Crippen molar-refractivity contribution in [2.75, 3.05) is 28.4 Å². The molecule has 470 valence electrons. The van der Waals surface area contributed by atoms with Gasteiger partial charge < -0.3 is 28.0 Å². The van der Waals surface area contributed by atoms with Crippen LogP contribution in [0, 0.1) is 0 Å². The summed E-state index contributed by atoms with van der Waals surface area (Å²) < 4.78 is 42.3. The summed E-state index contributed by atoms with van der Waals surface area (Å²) in [5.74, 6) is 5.19. The molecule has 0 fully saturated rings. The van der Waals surface area contributed by atoms with Gasteiger partial charge in [-0.15, -0.1) is 0 Å². The predicted molar refractivity (Wildman–Crippen MR) is 382 cm³/mol. The highest BCUT2D eigenvalue weighted by Crippen LogP contribution is 2.55. The maximum atomic E-state index is 8.25. The van der Waals surface area contributed by atoms with Crippen LogP contribution in [0.15, 0.2) is 121 Å². The van der Waals surface area contributed by atoms with E-state index in [-0.39, 0.29) is 43.3 Å². The Morgan fingerprint density at radius 3 is 0.625 bits per heavy atom. The Bertz CT molecular complexity index is 3320. The highest BCUT2D eigenvalue weighted by Gasteiger charge is 2.38. The molecule has 0 atom stereocenters. The second-order valence-electron chi connectivity index (χ2n) is 32.4. The first-order valence-electron chi connectivity index (χ1n) is 31.5. The van der Waals surface area contributed by atoms with E-state index in [1.54, 1.807) is 0 Å². The van der Waals surface area contributed by atoms with Crippen LogP contribution in [-0.4, -0.2) is 28.4 Å². The average Bonchev–Trinajstić information content (AvgIpc) is 1.02. The van der Waals surface area contributed by atoms with Gasteiger partial charge in [-0.1, -0.05) is 227 Å². The zero-order chi connectivity index (χ0) is 65.4. The molecule has 0 aliphatic carbocycles. The van der Waals surface area contributed by atoms with E-state index in [9.17, 15) is 0 Å². The van der Waals surface area contributed by atoms with Gasteiger partial charge in [0.2, 0.25) is 0 Å². The fourth-order valence-corrected chi connectivity index (χ4v) is 15.8. The molecule has 0 saturated carbocycles. The summed E-state index contributed by atoms with van der Waals surface area (Å²) in [6, 6.07) is 45.3. The van der Waals surface area contributed by atoms with E-state index in [1.807, 2.05) is 28.4 Å². The summed E-state index contributed by atoms with van der Waals surface area (Å²) in [5, 5.41) is 8.70. The summed E-state index contributed by atoms with van der Waals surface area (Å²) in [6.45, 7) is 54.8. The lowest BCUT2D eigenvalue weighted by atomic mass is 9.79. The van der Waals surface area contributed by atoms with E-state index >= 15 is 0 Å². The van der Waals surface area contributed by atoms with Gasteiger partial charge in [-0.2, -0.15) is 0 Å². The maximum Gasteiger partial charge on any atom is 0.150 e. The van der Waals surface area contributed by atoms with E-state index in [2.05, 4.69) is 287 Å². The van der Waals surface area contributed by atoms with Crippen LogP contribution >= 0.6 is 16.3 Å². The van der Waals surface area contributed by atoms with Crippen molar-refractivity contribution in [3.8, 4) is 45.6 Å². The molecule has 8 aromatic carbocycles. The molecule has 0 aliphatic heterocycles. The third kappa shape index (κ3) is 13.8. The minimum atomic E-state index is -1.66. The molecular weight excluding hydrogens is 1120 g/mol. The van der Waals surface area contributed by atoms with Gasteiger partial charge in [-0.25, -0.2) is 0 Å². The molecule has 0 unspecified atom stereocenters. The topological polar surface area (TPSA) is 55.4 Å². The van der Waals surface area contributed by atoms with E-state index in [0.717, 1.165) is 133 Å². The summed E-state index contributed by atoms with van der Waals surface area (Å²) in [4.78, 5) is 0. The van der Waals surface area contributed by atoms with Crippen LogP contribution in [0.5, 0.6) is 34.5 Å². The van der Waals surface area contributed by atoms with E-state index in [0.29, 0.717) is 0 Å². The van der Waals surface area contributed by atoms with Gasteiger partial charge in [0.1, 0.15) is 34.5 Å². The maximum absolute atomic E-state index is 8.25. The van der Waals surface area contributed by atoms with Crippen molar-refractivity contribution in [1.82, 2.24) is 0 Å². The molecule has 0 saturated heterocycles. The molecule has 0 aromatic heterocycles. The van der Waals surface area contributed by atoms with Crippen molar-refractivity contribution < 1.29 is 28.0 Å². The summed E-state index contributed by atoms with van der Waals surface area (Å²) in [7, 11) is 3.93. The zero-order valence-electron chi connectivity index (χ0n) is 58.9. The Morgan fingerprint density at radius 1 is 0.250 bits per heavy atom. The SMILES string of the molecule is COc1c(C(C)(C)C)cc(P(Oc2ccc3ccccc3c2-c2c(OP(c3cc(C(C)(C)C)c(OC)c(C(C)(C)C)c3)c3cc(C(C)(C)C)c(OC)c(C(C)(C)C)c3)ccc3ccccc23)c2cc(C(C)(C)C)c(OC)c(C(C)(C)C)c2)cc1C(C)(C)C. The summed E-state index contributed by atoms with van der Waals surface area (Å²) >= 11 is 0. The summed E-state index contributed by atoms with van der Waals surface area (Å²) in [6.07, 6.45) is 0. The third-order valence-corrected chi connectivity index (χ3v) is 20.6. The summed E-state index contributed by atoms with van der Waals surface area (Å²) in [5.41, 5.74) is 8.86. The number of hydrogen-bond donors (Lipinski definition) is 0. The van der Waals surface area contributed by atoms with Gasteiger partial charge in [-0.3, -0.25) is 0 Å². The van der Waals surface area contributed by atoms with Gasteiger partial charge in [0.25, 0.3) is 0 Å². The van der Waals surface area contributed by atoms with Gasteiger partial charge in [0.05, 0.1) is 28.4 Å². The molecule has 88 heavy (non-hydrogen) atoms. The molecule has 0 radical (unpaired) electrons. The van der Waals surface area contributed by atoms with Gasteiger partial charge in [0, 0.05) is 76.9 Å². The van der Waals surface area contributed by atoms with Gasteiger partial charge >= 0.3 is 0 Å². The Kier molecular flexibility index (Phi) is 18.7. The Morgan fingerprint density at radius 2 is 0.443 bits per heavy atom. The van der Waals surface area contributed by atoms with Crippen LogP contribution in [-0.2, 0) is 43.3 Å². The predicted octanol–water partition coefficient (Wildman–Crippen LogP) is 20.9. The normalized spacial score (nSPS) is 13.2. The highest BCUT2D eigenvalue weighted by atomic mass is 31.1. The first-order valence-corrected chi connectivity index (χ1v) is 34.0. The number of methoxy groups -OCH3 is 4. The quantitative estimate of drug-likeness (QED) is 0.107. The highest BCUT2D eigenvalue weighted by molar-refractivity contribution is 7.69. The monoisotopic (exact) mass is 1220 g/mol. The molecule has 8 rings (SSSR count). The fourth-order valence-electron chi connectivity index (χ4n) is 12.1. The molecule has 0 bridgehead atoms. The molecule has 0 N–H and O–H groups in total. The molecule has 0 aliphatic rings. The van der Waals surface area contributed by atoms with Gasteiger partial charge in [-0.05, 0) is 126 Å². The van der Waals surface area contributed by atoms with Crippen molar-refractivity contribution in [3.05, 3.63) is 166 Å². The average molecular weight is 1220 g/mol. The lowest BCUT2D eigenvalue weighted by molar-refractivity contribution is 0.381. The molecule has 8 heteroatoms. The van der Waals surface area contributed by atoms with Crippen LogP contribution in [0.4, 0.5) is 0 Å². The molecular formula is C80H104O6P2. The Balaban J connectivity index is 1.55. The number of ether oxygens (including phenoxy) is 4. The molecule has 0 spiro atoms. The van der Waals surface area contributed by atoms with Crippen molar-refractivity contribution in [2.45, 2.75) is 209 Å². The van der Waals surface area contributed by atoms with Crippen molar-refractivity contribution >= 4 is 59.1 Å². The van der Waals surface area contributed by atoms with Crippen LogP contribution < -0.4 is 49.2 Å². The van der Waals surface area contributed by atoms with Gasteiger partial charge in [0.15, 0.2) is 16.3 Å². The van der Waals surface area contributed by atoms with Crippen molar-refractivity contribution in [1.29, 1.82) is 0 Å². The van der Waals surface area contributed by atoms with E-state index in [4.69, 9.17) is 28.0 Å². The van der Waals surface area contributed by atoms with Crippen molar-refractivity contribution in [3.63, 3.8) is 0 Å². The Labute approximate surface area is 533 Å². The molecule has 8 aromatic rings. The fraction of sp³-hybridized carbons (Fsp3) is 0.450.